The Morgan fingerprint density at radius 3 is 2.58 bits per heavy atom. The van der Waals surface area contributed by atoms with E-state index < -0.39 is 0 Å². The van der Waals surface area contributed by atoms with E-state index >= 15 is 0 Å². The van der Waals surface area contributed by atoms with Crippen molar-refractivity contribution in [1.82, 2.24) is 4.90 Å². The van der Waals surface area contributed by atoms with E-state index in [4.69, 9.17) is 0 Å². The second kappa shape index (κ2) is 7.18. The molecule has 2 aromatic rings. The predicted molar refractivity (Wildman–Crippen MR) is 98.2 cm³/mol. The summed E-state index contributed by atoms with van der Waals surface area (Å²) in [6.45, 7) is 6.91. The Balaban J connectivity index is 1.70. The van der Waals surface area contributed by atoms with E-state index in [-0.39, 0.29) is 11.7 Å². The molecule has 1 saturated heterocycles. The Kier molecular flexibility index (Phi) is 5.00. The van der Waals surface area contributed by atoms with Gasteiger partial charge in [0, 0.05) is 37.2 Å². The molecule has 24 heavy (non-hydrogen) atoms. The Labute approximate surface area is 146 Å². The number of hydrogen-bond donors (Lipinski definition) is 0. The molecule has 2 heterocycles. The minimum atomic E-state index is 0.0145. The zero-order valence-corrected chi connectivity index (χ0v) is 14.9. The molecule has 4 nitrogen and oxygen atoms in total. The number of Topliss-reactive ketones (excluding diaryl/α,β-unsaturated/α-hetero) is 1. The highest BCUT2D eigenvalue weighted by Gasteiger charge is 2.22. The summed E-state index contributed by atoms with van der Waals surface area (Å²) >= 11 is 1.35. The number of nitrogens with zero attached hydrogens (tertiary/aromatic N) is 2. The van der Waals surface area contributed by atoms with Gasteiger partial charge >= 0.3 is 0 Å². The van der Waals surface area contributed by atoms with Crippen molar-refractivity contribution >= 4 is 28.7 Å². The lowest BCUT2D eigenvalue weighted by Crippen LogP contribution is -2.35. The van der Waals surface area contributed by atoms with Gasteiger partial charge in [0.2, 0.25) is 0 Å². The first-order chi connectivity index (χ1) is 11.6. The standard InChI is InChI=1S/C19H22N2O2S/c1-14-6-3-4-7-17(14)20-8-5-9-21(11-10-20)19(23)16-12-18(15(2)22)24-13-16/h3-4,6-7,12-13H,5,8-11H2,1-2H3. The summed E-state index contributed by atoms with van der Waals surface area (Å²) in [4.78, 5) is 29.0. The van der Waals surface area contributed by atoms with Crippen LogP contribution in [-0.4, -0.2) is 42.8 Å². The Hall–Kier alpha value is -2.14. The third kappa shape index (κ3) is 3.51. The first kappa shape index (κ1) is 16.7. The number of carbonyl (C=O) groups is 2. The van der Waals surface area contributed by atoms with Crippen LogP contribution in [0.3, 0.4) is 0 Å². The van der Waals surface area contributed by atoms with E-state index in [9.17, 15) is 9.59 Å². The van der Waals surface area contributed by atoms with Gasteiger partial charge < -0.3 is 9.80 Å². The fourth-order valence-electron chi connectivity index (χ4n) is 3.10. The molecular formula is C19H22N2O2S. The van der Waals surface area contributed by atoms with E-state index in [1.807, 2.05) is 4.90 Å². The van der Waals surface area contributed by atoms with Gasteiger partial charge in [0.05, 0.1) is 10.4 Å². The molecule has 3 rings (SSSR count). The van der Waals surface area contributed by atoms with Crippen LogP contribution in [0.5, 0.6) is 0 Å². The van der Waals surface area contributed by atoms with Crippen LogP contribution in [0, 0.1) is 6.92 Å². The molecular weight excluding hydrogens is 320 g/mol. The highest BCUT2D eigenvalue weighted by atomic mass is 32.1. The van der Waals surface area contributed by atoms with Crippen LogP contribution in [-0.2, 0) is 0 Å². The lowest BCUT2D eigenvalue weighted by Gasteiger charge is -2.25. The molecule has 1 aromatic heterocycles. The topological polar surface area (TPSA) is 40.6 Å². The number of thiophene rings is 1. The van der Waals surface area contributed by atoms with Crippen molar-refractivity contribution in [2.45, 2.75) is 20.3 Å². The fourth-order valence-corrected chi connectivity index (χ4v) is 3.88. The minimum absolute atomic E-state index is 0.0145. The Bertz CT molecular complexity index is 753. The lowest BCUT2D eigenvalue weighted by atomic mass is 10.2. The third-order valence-electron chi connectivity index (χ3n) is 4.43. The monoisotopic (exact) mass is 342 g/mol. The van der Waals surface area contributed by atoms with Crippen molar-refractivity contribution in [2.24, 2.45) is 0 Å². The van der Waals surface area contributed by atoms with E-state index in [0.29, 0.717) is 17.0 Å². The third-order valence-corrected chi connectivity index (χ3v) is 5.46. The Morgan fingerprint density at radius 1 is 1.08 bits per heavy atom. The van der Waals surface area contributed by atoms with Gasteiger partial charge in [0.15, 0.2) is 5.78 Å². The molecule has 1 aliphatic rings. The van der Waals surface area contributed by atoms with Gasteiger partial charge in [-0.05, 0) is 38.0 Å². The maximum Gasteiger partial charge on any atom is 0.254 e. The second-order valence-corrected chi connectivity index (χ2v) is 7.09. The molecule has 126 valence electrons. The lowest BCUT2D eigenvalue weighted by molar-refractivity contribution is 0.0767. The quantitative estimate of drug-likeness (QED) is 0.800. The van der Waals surface area contributed by atoms with Crippen molar-refractivity contribution in [1.29, 1.82) is 0 Å². The number of hydrogen-bond acceptors (Lipinski definition) is 4. The van der Waals surface area contributed by atoms with Crippen molar-refractivity contribution in [2.75, 3.05) is 31.1 Å². The highest BCUT2D eigenvalue weighted by Crippen LogP contribution is 2.22. The first-order valence-corrected chi connectivity index (χ1v) is 9.13. The summed E-state index contributed by atoms with van der Waals surface area (Å²) in [5.74, 6) is 0.0472. The zero-order chi connectivity index (χ0) is 17.1. The van der Waals surface area contributed by atoms with E-state index in [1.165, 1.54) is 29.5 Å². The van der Waals surface area contributed by atoms with Crippen molar-refractivity contribution in [3.05, 3.63) is 51.7 Å². The molecule has 0 spiro atoms. The molecule has 0 aliphatic carbocycles. The van der Waals surface area contributed by atoms with Crippen molar-refractivity contribution in [3.8, 4) is 0 Å². The average Bonchev–Trinajstić information content (AvgIpc) is 2.94. The van der Waals surface area contributed by atoms with Gasteiger partial charge in [-0.15, -0.1) is 11.3 Å². The van der Waals surface area contributed by atoms with Crippen molar-refractivity contribution in [3.63, 3.8) is 0 Å². The number of ketones is 1. The van der Waals surface area contributed by atoms with E-state index in [2.05, 4.69) is 36.1 Å². The zero-order valence-electron chi connectivity index (χ0n) is 14.1. The summed E-state index contributed by atoms with van der Waals surface area (Å²) in [6, 6.07) is 10.1. The SMILES string of the molecule is CC(=O)c1cc(C(=O)N2CCCN(c3ccccc3C)CC2)cs1. The summed E-state index contributed by atoms with van der Waals surface area (Å²) in [7, 11) is 0. The van der Waals surface area contributed by atoms with Crippen LogP contribution in [0.25, 0.3) is 0 Å². The molecule has 0 atom stereocenters. The largest absolute Gasteiger partial charge is 0.369 e. The number of carbonyl (C=O) groups excluding carboxylic acids is 2. The van der Waals surface area contributed by atoms with Gasteiger partial charge in [-0.1, -0.05) is 18.2 Å². The predicted octanol–water partition coefficient (Wildman–Crippen LogP) is 3.61. The second-order valence-electron chi connectivity index (χ2n) is 6.18. The maximum absolute atomic E-state index is 12.7. The molecule has 1 aromatic carbocycles. The maximum atomic E-state index is 12.7. The molecule has 1 fully saturated rings. The van der Waals surface area contributed by atoms with Crippen LogP contribution in [0.1, 0.15) is 38.9 Å². The normalized spacial score (nSPS) is 15.2. The number of rotatable bonds is 3. The van der Waals surface area contributed by atoms with Gasteiger partial charge in [-0.3, -0.25) is 9.59 Å². The number of aryl methyl sites for hydroxylation is 1. The molecule has 0 saturated carbocycles. The average molecular weight is 342 g/mol. The van der Waals surface area contributed by atoms with Crippen molar-refractivity contribution < 1.29 is 9.59 Å². The van der Waals surface area contributed by atoms with Crippen LogP contribution >= 0.6 is 11.3 Å². The van der Waals surface area contributed by atoms with Crippen LogP contribution < -0.4 is 4.90 Å². The Morgan fingerprint density at radius 2 is 1.88 bits per heavy atom. The molecule has 0 N–H and O–H groups in total. The van der Waals surface area contributed by atoms with Crippen LogP contribution in [0.2, 0.25) is 0 Å². The van der Waals surface area contributed by atoms with E-state index in [0.717, 1.165) is 26.1 Å². The smallest absolute Gasteiger partial charge is 0.254 e. The highest BCUT2D eigenvalue weighted by molar-refractivity contribution is 7.12. The molecule has 0 unspecified atom stereocenters. The summed E-state index contributed by atoms with van der Waals surface area (Å²) in [5, 5.41) is 1.79. The van der Waals surface area contributed by atoms with Crippen LogP contribution in [0.15, 0.2) is 35.7 Å². The number of anilines is 1. The summed E-state index contributed by atoms with van der Waals surface area (Å²) in [5.41, 5.74) is 3.15. The molecule has 0 radical (unpaired) electrons. The summed E-state index contributed by atoms with van der Waals surface area (Å²) in [6.07, 6.45) is 0.948. The molecule has 0 bridgehead atoms. The molecule has 1 aliphatic heterocycles. The van der Waals surface area contributed by atoms with Gasteiger partial charge in [0.1, 0.15) is 0 Å². The molecule has 5 heteroatoms. The van der Waals surface area contributed by atoms with Gasteiger partial charge in [-0.25, -0.2) is 0 Å². The number of para-hydroxylation sites is 1. The summed E-state index contributed by atoms with van der Waals surface area (Å²) < 4.78 is 0. The van der Waals surface area contributed by atoms with Gasteiger partial charge in [-0.2, -0.15) is 0 Å². The van der Waals surface area contributed by atoms with Gasteiger partial charge in [0.25, 0.3) is 5.91 Å². The van der Waals surface area contributed by atoms with Crippen LogP contribution in [0.4, 0.5) is 5.69 Å². The first-order valence-electron chi connectivity index (χ1n) is 8.25. The number of benzene rings is 1. The van der Waals surface area contributed by atoms with E-state index in [1.54, 1.807) is 11.4 Å². The number of amides is 1. The minimum Gasteiger partial charge on any atom is -0.369 e. The fraction of sp³-hybridized carbons (Fsp3) is 0.368. The molecule has 1 amide bonds.